The molecule has 10 heavy (non-hydrogen) atoms. The number of hydrogen-bond donors (Lipinski definition) is 1. The van der Waals surface area contributed by atoms with E-state index in [0.29, 0.717) is 5.69 Å². The van der Waals surface area contributed by atoms with E-state index in [0.717, 1.165) is 0 Å². The van der Waals surface area contributed by atoms with E-state index in [9.17, 15) is 4.79 Å². The van der Waals surface area contributed by atoms with Crippen molar-refractivity contribution in [2.45, 2.75) is 6.92 Å². The predicted molar refractivity (Wildman–Crippen MR) is 34.9 cm³/mol. The summed E-state index contributed by atoms with van der Waals surface area (Å²) in [5, 5.41) is 12.4. The molecule has 0 unspecified atom stereocenters. The fourth-order valence-corrected chi connectivity index (χ4v) is 0.782. The Bertz CT molecular complexity index is 265. The van der Waals surface area contributed by atoms with Crippen LogP contribution in [0.5, 0.6) is 5.88 Å². The third-order valence-electron chi connectivity index (χ3n) is 1.23. The number of aryl methyl sites for hydroxylation is 1. The van der Waals surface area contributed by atoms with Gasteiger partial charge < -0.3 is 5.11 Å². The summed E-state index contributed by atoms with van der Waals surface area (Å²) in [6, 6.07) is 1.34. The van der Waals surface area contributed by atoms with Crippen LogP contribution in [-0.2, 0) is 7.05 Å². The van der Waals surface area contributed by atoms with Crippen LogP contribution in [0.3, 0.4) is 0 Å². The van der Waals surface area contributed by atoms with Crippen LogP contribution in [-0.4, -0.2) is 20.7 Å². The van der Waals surface area contributed by atoms with Crippen LogP contribution >= 0.6 is 0 Å². The van der Waals surface area contributed by atoms with Gasteiger partial charge in [0, 0.05) is 20.0 Å². The van der Waals surface area contributed by atoms with Crippen molar-refractivity contribution >= 4 is 5.78 Å². The van der Waals surface area contributed by atoms with Crippen LogP contribution in [0.2, 0.25) is 0 Å². The van der Waals surface area contributed by atoms with E-state index in [1.807, 2.05) is 0 Å². The molecule has 0 aliphatic carbocycles. The topological polar surface area (TPSA) is 55.1 Å². The van der Waals surface area contributed by atoms with Crippen molar-refractivity contribution in [3.8, 4) is 5.88 Å². The smallest absolute Gasteiger partial charge is 0.231 e. The first-order chi connectivity index (χ1) is 4.61. The summed E-state index contributed by atoms with van der Waals surface area (Å²) >= 11 is 0. The van der Waals surface area contributed by atoms with Gasteiger partial charge in [-0.05, 0) is 0 Å². The van der Waals surface area contributed by atoms with Crippen molar-refractivity contribution in [3.63, 3.8) is 0 Å². The standard InChI is InChI=1S/C6H8N2O2/c1-4(9)5-3-6(10)7-8(5)2/h3H,1-2H3,(H,7,10). The van der Waals surface area contributed by atoms with E-state index in [1.54, 1.807) is 7.05 Å². The van der Waals surface area contributed by atoms with Crippen molar-refractivity contribution in [1.29, 1.82) is 0 Å². The first-order valence-electron chi connectivity index (χ1n) is 2.85. The number of aromatic hydroxyl groups is 1. The average molecular weight is 140 g/mol. The lowest BCUT2D eigenvalue weighted by molar-refractivity contribution is 0.100. The number of rotatable bonds is 1. The summed E-state index contributed by atoms with van der Waals surface area (Å²) in [4.78, 5) is 10.7. The van der Waals surface area contributed by atoms with Crippen LogP contribution in [0.15, 0.2) is 6.07 Å². The highest BCUT2D eigenvalue weighted by atomic mass is 16.3. The second-order valence-corrected chi connectivity index (χ2v) is 2.07. The number of aromatic nitrogens is 2. The molecular formula is C6H8N2O2. The minimum atomic E-state index is -0.118. The quantitative estimate of drug-likeness (QED) is 0.572. The lowest BCUT2D eigenvalue weighted by Gasteiger charge is -1.91. The zero-order chi connectivity index (χ0) is 7.72. The van der Waals surface area contributed by atoms with Gasteiger partial charge in [-0.1, -0.05) is 0 Å². The lowest BCUT2D eigenvalue weighted by Crippen LogP contribution is -2.02. The molecule has 4 heteroatoms. The molecule has 0 amide bonds. The van der Waals surface area contributed by atoms with Crippen LogP contribution in [0.25, 0.3) is 0 Å². The highest BCUT2D eigenvalue weighted by Crippen LogP contribution is 2.08. The largest absolute Gasteiger partial charge is 0.492 e. The van der Waals surface area contributed by atoms with Gasteiger partial charge in [-0.2, -0.15) is 0 Å². The summed E-state index contributed by atoms with van der Waals surface area (Å²) in [6.45, 7) is 1.43. The first kappa shape index (κ1) is 6.80. The molecule has 0 aliphatic heterocycles. The van der Waals surface area contributed by atoms with Crippen molar-refractivity contribution in [2.75, 3.05) is 0 Å². The second kappa shape index (κ2) is 2.13. The maximum Gasteiger partial charge on any atom is 0.231 e. The summed E-state index contributed by atoms with van der Waals surface area (Å²) in [5.74, 6) is -0.219. The fraction of sp³-hybridized carbons (Fsp3) is 0.333. The molecule has 54 valence electrons. The van der Waals surface area contributed by atoms with Crippen molar-refractivity contribution in [3.05, 3.63) is 11.8 Å². The molecule has 1 heterocycles. The highest BCUT2D eigenvalue weighted by Gasteiger charge is 2.06. The van der Waals surface area contributed by atoms with Gasteiger partial charge >= 0.3 is 0 Å². The van der Waals surface area contributed by atoms with Crippen LogP contribution in [0.4, 0.5) is 0 Å². The molecule has 0 aliphatic rings. The number of ketones is 1. The van der Waals surface area contributed by atoms with E-state index < -0.39 is 0 Å². The molecule has 0 bridgehead atoms. The summed E-state index contributed by atoms with van der Waals surface area (Å²) in [5.41, 5.74) is 0.414. The normalized spacial score (nSPS) is 9.80. The molecule has 4 nitrogen and oxygen atoms in total. The zero-order valence-electron chi connectivity index (χ0n) is 5.83. The Labute approximate surface area is 58.1 Å². The Hall–Kier alpha value is -1.32. The van der Waals surface area contributed by atoms with Gasteiger partial charge in [-0.3, -0.25) is 9.48 Å². The molecule has 0 spiro atoms. The molecule has 0 radical (unpaired) electrons. The van der Waals surface area contributed by atoms with E-state index in [2.05, 4.69) is 5.10 Å². The maximum atomic E-state index is 10.7. The first-order valence-corrected chi connectivity index (χ1v) is 2.85. The van der Waals surface area contributed by atoms with Gasteiger partial charge in [0.1, 0.15) is 5.69 Å². The number of carbonyl (C=O) groups excluding carboxylic acids is 1. The van der Waals surface area contributed by atoms with Crippen LogP contribution in [0, 0.1) is 0 Å². The predicted octanol–water partition coefficient (Wildman–Crippen LogP) is 0.328. The van der Waals surface area contributed by atoms with Gasteiger partial charge in [0.05, 0.1) is 0 Å². The monoisotopic (exact) mass is 140 g/mol. The van der Waals surface area contributed by atoms with E-state index in [1.165, 1.54) is 17.7 Å². The van der Waals surface area contributed by atoms with E-state index >= 15 is 0 Å². The maximum absolute atomic E-state index is 10.7. The molecule has 1 aromatic heterocycles. The minimum Gasteiger partial charge on any atom is -0.492 e. The molecule has 1 rings (SSSR count). The Kier molecular flexibility index (Phi) is 1.45. The number of Topliss-reactive ketones (excluding diaryl/α,β-unsaturated/α-hetero) is 1. The molecule has 0 atom stereocenters. The van der Waals surface area contributed by atoms with E-state index in [4.69, 9.17) is 5.11 Å². The molecule has 1 aromatic rings. The van der Waals surface area contributed by atoms with Gasteiger partial charge in [-0.25, -0.2) is 0 Å². The molecule has 0 aromatic carbocycles. The third-order valence-corrected chi connectivity index (χ3v) is 1.23. The molecule has 1 N–H and O–H groups in total. The van der Waals surface area contributed by atoms with Crippen LogP contribution in [0.1, 0.15) is 17.4 Å². The van der Waals surface area contributed by atoms with Crippen molar-refractivity contribution in [2.24, 2.45) is 7.05 Å². The minimum absolute atomic E-state index is 0.102. The SMILES string of the molecule is CC(=O)c1cc(O)nn1C. The average Bonchev–Trinajstić information content (AvgIpc) is 2.10. The van der Waals surface area contributed by atoms with E-state index in [-0.39, 0.29) is 11.7 Å². The molecular weight excluding hydrogens is 132 g/mol. The Balaban J connectivity index is 3.15. The Morgan fingerprint density at radius 3 is 2.60 bits per heavy atom. The number of nitrogens with zero attached hydrogens (tertiary/aromatic N) is 2. The second-order valence-electron chi connectivity index (χ2n) is 2.07. The Morgan fingerprint density at radius 2 is 2.40 bits per heavy atom. The molecule has 0 fully saturated rings. The summed E-state index contributed by atoms with van der Waals surface area (Å²) in [6.07, 6.45) is 0. The molecule has 0 saturated heterocycles. The summed E-state index contributed by atoms with van der Waals surface area (Å²) in [7, 11) is 1.61. The van der Waals surface area contributed by atoms with Crippen molar-refractivity contribution < 1.29 is 9.90 Å². The van der Waals surface area contributed by atoms with Crippen LogP contribution < -0.4 is 0 Å². The van der Waals surface area contributed by atoms with Gasteiger partial charge in [0.25, 0.3) is 0 Å². The highest BCUT2D eigenvalue weighted by molar-refractivity contribution is 5.92. The van der Waals surface area contributed by atoms with Gasteiger partial charge in [0.2, 0.25) is 5.88 Å². The third kappa shape index (κ3) is 1.00. The fourth-order valence-electron chi connectivity index (χ4n) is 0.782. The molecule has 0 saturated carbocycles. The Morgan fingerprint density at radius 1 is 1.80 bits per heavy atom. The summed E-state index contributed by atoms with van der Waals surface area (Å²) < 4.78 is 1.34. The number of hydrogen-bond acceptors (Lipinski definition) is 3. The lowest BCUT2D eigenvalue weighted by atomic mass is 10.3. The zero-order valence-corrected chi connectivity index (χ0v) is 5.83. The van der Waals surface area contributed by atoms with Gasteiger partial charge in [0.15, 0.2) is 5.78 Å². The van der Waals surface area contributed by atoms with Gasteiger partial charge in [-0.15, -0.1) is 5.10 Å². The number of carbonyl (C=O) groups is 1. The van der Waals surface area contributed by atoms with Crippen molar-refractivity contribution in [1.82, 2.24) is 9.78 Å².